The lowest BCUT2D eigenvalue weighted by molar-refractivity contribution is -0.154. The van der Waals surface area contributed by atoms with Crippen LogP contribution >= 0.6 is 0 Å². The minimum atomic E-state index is -0.723. The number of rotatable bonds is 5. The minimum absolute atomic E-state index is 0.0616. The van der Waals surface area contributed by atoms with Gasteiger partial charge in [0.1, 0.15) is 12.1 Å². The van der Waals surface area contributed by atoms with Gasteiger partial charge in [-0.3, -0.25) is 9.36 Å². The molecule has 1 atom stereocenters. The highest BCUT2D eigenvalue weighted by Crippen LogP contribution is 2.25. The number of fused-ring (bicyclic) bond motifs is 1. The smallest absolute Gasteiger partial charge is 0.420 e. The Kier molecular flexibility index (Phi) is 5.06. The summed E-state index contributed by atoms with van der Waals surface area (Å²) in [5.41, 5.74) is 1.27. The molecule has 0 N–H and O–H groups in total. The van der Waals surface area contributed by atoms with Gasteiger partial charge in [-0.25, -0.2) is 9.59 Å². The first kappa shape index (κ1) is 17.5. The van der Waals surface area contributed by atoms with Crippen LogP contribution < -0.4 is 5.76 Å². The van der Waals surface area contributed by atoms with E-state index in [1.807, 2.05) is 6.92 Å². The zero-order chi connectivity index (χ0) is 18.0. The minimum Gasteiger partial charge on any atom is -0.461 e. The number of benzene rings is 1. The van der Waals surface area contributed by atoms with Crippen molar-refractivity contribution in [3.63, 3.8) is 0 Å². The summed E-state index contributed by atoms with van der Waals surface area (Å²) in [6.07, 6.45) is 5.43. The molecule has 1 aromatic carbocycles. The van der Waals surface area contributed by atoms with Gasteiger partial charge in [-0.2, -0.15) is 0 Å². The summed E-state index contributed by atoms with van der Waals surface area (Å²) >= 11 is 0. The van der Waals surface area contributed by atoms with Gasteiger partial charge in [-0.1, -0.05) is 13.3 Å². The van der Waals surface area contributed by atoms with Crippen molar-refractivity contribution in [3.05, 3.63) is 34.3 Å². The number of nitrogens with zero attached hydrogens (tertiary/aromatic N) is 1. The molecule has 6 heteroatoms. The number of aromatic nitrogens is 1. The average molecular weight is 345 g/mol. The molecular formula is C19H23NO5. The van der Waals surface area contributed by atoms with Gasteiger partial charge in [0.2, 0.25) is 0 Å². The van der Waals surface area contributed by atoms with Crippen LogP contribution in [0.4, 0.5) is 0 Å². The predicted octanol–water partition coefficient (Wildman–Crippen LogP) is 3.62. The topological polar surface area (TPSA) is 78.5 Å². The molecule has 3 rings (SSSR count). The van der Waals surface area contributed by atoms with Crippen molar-refractivity contribution in [1.29, 1.82) is 0 Å². The maximum absolute atomic E-state index is 12.6. The van der Waals surface area contributed by atoms with E-state index in [1.165, 1.54) is 24.0 Å². The molecule has 1 saturated carbocycles. The summed E-state index contributed by atoms with van der Waals surface area (Å²) in [6, 6.07) is 4.09. The number of carbonyl (C=O) groups is 2. The van der Waals surface area contributed by atoms with Gasteiger partial charge in [-0.15, -0.1) is 0 Å². The highest BCUT2D eigenvalue weighted by molar-refractivity contribution is 5.97. The van der Waals surface area contributed by atoms with Crippen LogP contribution in [0.1, 0.15) is 68.8 Å². The van der Waals surface area contributed by atoms with Crippen LogP contribution in [0.2, 0.25) is 0 Å². The first-order valence-corrected chi connectivity index (χ1v) is 8.87. The lowest BCUT2D eigenvalue weighted by Gasteiger charge is -2.24. The van der Waals surface area contributed by atoms with Gasteiger partial charge >= 0.3 is 11.7 Å². The number of ketones is 1. The number of hydrogen-bond donors (Lipinski definition) is 0. The van der Waals surface area contributed by atoms with E-state index in [9.17, 15) is 14.4 Å². The summed E-state index contributed by atoms with van der Waals surface area (Å²) < 4.78 is 12.2. The van der Waals surface area contributed by atoms with Crippen molar-refractivity contribution < 1.29 is 18.7 Å². The Morgan fingerprint density at radius 2 is 2.00 bits per heavy atom. The third kappa shape index (κ3) is 3.52. The van der Waals surface area contributed by atoms with Crippen molar-refractivity contribution in [2.45, 2.75) is 64.5 Å². The Labute approximate surface area is 145 Å². The third-order valence-corrected chi connectivity index (χ3v) is 4.83. The average Bonchev–Trinajstić information content (AvgIpc) is 2.92. The summed E-state index contributed by atoms with van der Waals surface area (Å²) in [7, 11) is 0. The van der Waals surface area contributed by atoms with Crippen molar-refractivity contribution in [2.75, 3.05) is 0 Å². The van der Waals surface area contributed by atoms with Crippen LogP contribution in [-0.2, 0) is 9.53 Å². The van der Waals surface area contributed by atoms with Crippen LogP contribution in [0.3, 0.4) is 0 Å². The first-order valence-electron chi connectivity index (χ1n) is 8.87. The molecule has 0 amide bonds. The number of esters is 1. The maximum Gasteiger partial charge on any atom is 0.420 e. The lowest BCUT2D eigenvalue weighted by Crippen LogP contribution is -2.31. The van der Waals surface area contributed by atoms with Crippen molar-refractivity contribution in [2.24, 2.45) is 0 Å². The highest BCUT2D eigenvalue weighted by Gasteiger charge is 2.28. The Morgan fingerprint density at radius 3 is 2.64 bits per heavy atom. The summed E-state index contributed by atoms with van der Waals surface area (Å²) in [5.74, 6) is -1.11. The van der Waals surface area contributed by atoms with Gasteiger partial charge in [0, 0.05) is 5.56 Å². The number of ether oxygens (including phenoxy) is 1. The number of carbonyl (C=O) groups excluding carboxylic acids is 2. The van der Waals surface area contributed by atoms with E-state index in [-0.39, 0.29) is 11.9 Å². The molecule has 134 valence electrons. The second kappa shape index (κ2) is 7.25. The van der Waals surface area contributed by atoms with Crippen LogP contribution in [-0.4, -0.2) is 22.4 Å². The first-order chi connectivity index (χ1) is 12.0. The number of oxazole rings is 1. The van der Waals surface area contributed by atoms with Gasteiger partial charge < -0.3 is 9.15 Å². The van der Waals surface area contributed by atoms with Crippen LogP contribution in [0.15, 0.2) is 27.4 Å². The Bertz CT molecular complexity index is 841. The van der Waals surface area contributed by atoms with Crippen molar-refractivity contribution in [1.82, 2.24) is 4.57 Å². The molecule has 1 aromatic heterocycles. The number of Topliss-reactive ketones (excluding diaryl/α,β-unsaturated/α-hetero) is 1. The molecule has 1 aliphatic carbocycles. The Hall–Kier alpha value is -2.37. The molecule has 0 radical (unpaired) electrons. The van der Waals surface area contributed by atoms with Crippen molar-refractivity contribution >= 4 is 22.9 Å². The monoisotopic (exact) mass is 345 g/mol. The maximum atomic E-state index is 12.6. The zero-order valence-electron chi connectivity index (χ0n) is 14.6. The van der Waals surface area contributed by atoms with Gasteiger partial charge in [0.25, 0.3) is 0 Å². The SMILES string of the molecule is CCC(C(=O)OC1CCCCC1)n1c(=O)oc2cc(C(C)=O)ccc21. The fourth-order valence-corrected chi connectivity index (χ4v) is 3.43. The normalized spacial score (nSPS) is 16.7. The molecule has 6 nitrogen and oxygen atoms in total. The van der Waals surface area contributed by atoms with Gasteiger partial charge in [0.05, 0.1) is 5.52 Å². The van der Waals surface area contributed by atoms with E-state index in [0.29, 0.717) is 23.1 Å². The van der Waals surface area contributed by atoms with E-state index in [1.54, 1.807) is 12.1 Å². The summed E-state index contributed by atoms with van der Waals surface area (Å²) in [4.78, 5) is 36.5. The number of hydrogen-bond acceptors (Lipinski definition) is 5. The standard InChI is InChI=1S/C19H23NO5/c1-3-15(18(22)24-14-7-5-4-6-8-14)20-16-10-9-13(12(2)21)11-17(16)25-19(20)23/h9-11,14-15H,3-8H2,1-2H3. The fraction of sp³-hybridized carbons (Fsp3) is 0.526. The largest absolute Gasteiger partial charge is 0.461 e. The van der Waals surface area contributed by atoms with E-state index in [0.717, 1.165) is 25.7 Å². The molecule has 1 aliphatic rings. The zero-order valence-corrected chi connectivity index (χ0v) is 14.6. The van der Waals surface area contributed by atoms with E-state index >= 15 is 0 Å². The molecule has 25 heavy (non-hydrogen) atoms. The fourth-order valence-electron chi connectivity index (χ4n) is 3.43. The van der Waals surface area contributed by atoms with Crippen molar-refractivity contribution in [3.8, 4) is 0 Å². The Morgan fingerprint density at radius 1 is 1.28 bits per heavy atom. The van der Waals surface area contributed by atoms with E-state index < -0.39 is 17.8 Å². The summed E-state index contributed by atoms with van der Waals surface area (Å²) in [5, 5.41) is 0. The molecule has 0 aliphatic heterocycles. The molecule has 1 heterocycles. The highest BCUT2D eigenvalue weighted by atomic mass is 16.5. The summed E-state index contributed by atoms with van der Waals surface area (Å²) in [6.45, 7) is 3.29. The molecule has 0 spiro atoms. The molecular weight excluding hydrogens is 322 g/mol. The van der Waals surface area contributed by atoms with Crippen LogP contribution in [0.5, 0.6) is 0 Å². The predicted molar refractivity (Wildman–Crippen MR) is 92.8 cm³/mol. The third-order valence-electron chi connectivity index (χ3n) is 4.83. The van der Waals surface area contributed by atoms with E-state index in [4.69, 9.17) is 9.15 Å². The second-order valence-corrected chi connectivity index (χ2v) is 6.60. The Balaban J connectivity index is 1.92. The van der Waals surface area contributed by atoms with Crippen LogP contribution in [0.25, 0.3) is 11.1 Å². The molecule has 2 aromatic rings. The van der Waals surface area contributed by atoms with Crippen LogP contribution in [0, 0.1) is 0 Å². The quantitative estimate of drug-likeness (QED) is 0.611. The molecule has 1 unspecified atom stereocenters. The molecule has 0 saturated heterocycles. The molecule has 0 bridgehead atoms. The van der Waals surface area contributed by atoms with Gasteiger partial charge in [0.15, 0.2) is 11.4 Å². The second-order valence-electron chi connectivity index (χ2n) is 6.60. The van der Waals surface area contributed by atoms with Gasteiger partial charge in [-0.05, 0) is 57.2 Å². The lowest BCUT2D eigenvalue weighted by atomic mass is 9.98. The van der Waals surface area contributed by atoms with E-state index in [2.05, 4.69) is 0 Å². The molecule has 1 fully saturated rings.